The molecule has 0 aliphatic rings. The molecule has 0 radical (unpaired) electrons. The van der Waals surface area contributed by atoms with Crippen LogP contribution in [0.3, 0.4) is 0 Å². The summed E-state index contributed by atoms with van der Waals surface area (Å²) in [6.45, 7) is -0.507. The zero-order valence-electron chi connectivity index (χ0n) is 14.8. The SMILES string of the molecule is O=C(NC(Cc1ccccc1)CC(CO)C(=O)O)c1cc(Cl)c2n[nH]nc2c1. The smallest absolute Gasteiger partial charge is 0.308 e. The number of hydrogen-bond acceptors (Lipinski definition) is 5. The predicted molar refractivity (Wildman–Crippen MR) is 103 cm³/mol. The Kier molecular flexibility index (Phi) is 6.23. The molecule has 3 aromatic rings. The normalized spacial score (nSPS) is 13.2. The fourth-order valence-electron chi connectivity index (χ4n) is 3.00. The number of benzene rings is 2. The van der Waals surface area contributed by atoms with Crippen molar-refractivity contribution in [3.05, 3.63) is 58.6 Å². The van der Waals surface area contributed by atoms with Crippen LogP contribution in [0.2, 0.25) is 5.02 Å². The minimum atomic E-state index is -1.11. The predicted octanol–water partition coefficient (Wildman–Crippen LogP) is 2.04. The first-order valence-corrected chi connectivity index (χ1v) is 9.04. The minimum absolute atomic E-state index is 0.0897. The number of carboxylic acids is 1. The Morgan fingerprint density at radius 1 is 1.18 bits per heavy atom. The minimum Gasteiger partial charge on any atom is -0.481 e. The van der Waals surface area contributed by atoms with E-state index in [2.05, 4.69) is 20.7 Å². The third-order valence-corrected chi connectivity index (χ3v) is 4.72. The van der Waals surface area contributed by atoms with Crippen LogP contribution in [0.4, 0.5) is 0 Å². The molecule has 4 N–H and O–H groups in total. The summed E-state index contributed by atoms with van der Waals surface area (Å²) >= 11 is 6.15. The molecule has 0 saturated carbocycles. The lowest BCUT2D eigenvalue weighted by atomic mass is 9.95. The van der Waals surface area contributed by atoms with Crippen LogP contribution < -0.4 is 5.32 Å². The fraction of sp³-hybridized carbons (Fsp3) is 0.263. The van der Waals surface area contributed by atoms with Crippen LogP contribution in [-0.4, -0.2) is 50.1 Å². The van der Waals surface area contributed by atoms with Gasteiger partial charge in [0, 0.05) is 11.6 Å². The maximum absolute atomic E-state index is 12.8. The van der Waals surface area contributed by atoms with Crippen molar-refractivity contribution in [2.75, 3.05) is 6.61 Å². The van der Waals surface area contributed by atoms with E-state index >= 15 is 0 Å². The molecule has 0 bridgehead atoms. The number of amides is 1. The van der Waals surface area contributed by atoms with E-state index in [9.17, 15) is 19.8 Å². The molecule has 1 amide bonds. The van der Waals surface area contributed by atoms with Crippen LogP contribution in [0, 0.1) is 5.92 Å². The summed E-state index contributed by atoms with van der Waals surface area (Å²) in [4.78, 5) is 24.1. The third kappa shape index (κ3) is 4.65. The molecule has 0 spiro atoms. The summed E-state index contributed by atoms with van der Waals surface area (Å²) in [5.41, 5.74) is 2.15. The van der Waals surface area contributed by atoms with Gasteiger partial charge in [-0.15, -0.1) is 0 Å². The van der Waals surface area contributed by atoms with Gasteiger partial charge in [0.05, 0.1) is 17.5 Å². The van der Waals surface area contributed by atoms with Crippen LogP contribution in [0.15, 0.2) is 42.5 Å². The van der Waals surface area contributed by atoms with E-state index in [1.54, 1.807) is 6.07 Å². The van der Waals surface area contributed by atoms with Crippen LogP contribution >= 0.6 is 11.6 Å². The molecule has 2 atom stereocenters. The van der Waals surface area contributed by atoms with Crippen LogP contribution in [-0.2, 0) is 11.2 Å². The number of fused-ring (bicyclic) bond motifs is 1. The first-order chi connectivity index (χ1) is 13.5. The van der Waals surface area contributed by atoms with Crippen LogP contribution in [0.5, 0.6) is 0 Å². The van der Waals surface area contributed by atoms with Crippen molar-refractivity contribution >= 4 is 34.5 Å². The largest absolute Gasteiger partial charge is 0.481 e. The van der Waals surface area contributed by atoms with Gasteiger partial charge in [-0.3, -0.25) is 9.59 Å². The topological polar surface area (TPSA) is 128 Å². The van der Waals surface area contributed by atoms with E-state index in [-0.39, 0.29) is 11.4 Å². The molecule has 3 rings (SSSR count). The van der Waals surface area contributed by atoms with Crippen molar-refractivity contribution in [2.45, 2.75) is 18.9 Å². The first kappa shape index (κ1) is 19.8. The number of aliphatic hydroxyl groups is 1. The second kappa shape index (κ2) is 8.81. The Morgan fingerprint density at radius 3 is 2.61 bits per heavy atom. The molecule has 1 heterocycles. The van der Waals surface area contributed by atoms with Gasteiger partial charge in [-0.1, -0.05) is 41.9 Å². The van der Waals surface area contributed by atoms with Crippen molar-refractivity contribution < 1.29 is 19.8 Å². The Bertz CT molecular complexity index is 976. The van der Waals surface area contributed by atoms with E-state index in [0.29, 0.717) is 23.0 Å². The number of hydrogen-bond donors (Lipinski definition) is 4. The lowest BCUT2D eigenvalue weighted by Crippen LogP contribution is -2.39. The number of halogens is 1. The van der Waals surface area contributed by atoms with Gasteiger partial charge < -0.3 is 15.5 Å². The second-order valence-electron chi connectivity index (χ2n) is 6.46. The average Bonchev–Trinajstić information content (AvgIpc) is 3.15. The highest BCUT2D eigenvalue weighted by molar-refractivity contribution is 6.35. The highest BCUT2D eigenvalue weighted by Crippen LogP contribution is 2.22. The molecule has 0 fully saturated rings. The molecule has 146 valence electrons. The van der Waals surface area contributed by atoms with Crippen molar-refractivity contribution in [3.8, 4) is 0 Å². The molecule has 2 aromatic carbocycles. The molecule has 0 aliphatic heterocycles. The molecule has 2 unspecified atom stereocenters. The Morgan fingerprint density at radius 2 is 1.93 bits per heavy atom. The lowest BCUT2D eigenvalue weighted by Gasteiger charge is -2.22. The third-order valence-electron chi connectivity index (χ3n) is 4.44. The second-order valence-corrected chi connectivity index (χ2v) is 6.87. The monoisotopic (exact) mass is 402 g/mol. The van der Waals surface area contributed by atoms with E-state index in [1.165, 1.54) is 6.07 Å². The molecule has 8 nitrogen and oxygen atoms in total. The molecular weight excluding hydrogens is 384 g/mol. The highest BCUT2D eigenvalue weighted by atomic mass is 35.5. The van der Waals surface area contributed by atoms with Gasteiger partial charge in [-0.2, -0.15) is 15.4 Å². The van der Waals surface area contributed by atoms with E-state index < -0.39 is 30.4 Å². The van der Waals surface area contributed by atoms with Crippen molar-refractivity contribution in [1.82, 2.24) is 20.7 Å². The zero-order valence-corrected chi connectivity index (χ0v) is 15.6. The van der Waals surface area contributed by atoms with Crippen LogP contribution in [0.25, 0.3) is 11.0 Å². The number of carboxylic acid groups (broad SMARTS) is 1. The number of aliphatic hydroxyl groups excluding tert-OH is 1. The van der Waals surface area contributed by atoms with Crippen molar-refractivity contribution in [1.29, 1.82) is 0 Å². The summed E-state index contributed by atoms with van der Waals surface area (Å²) < 4.78 is 0. The number of aliphatic carboxylic acids is 1. The van der Waals surface area contributed by atoms with Gasteiger partial charge in [0.15, 0.2) is 0 Å². The number of nitrogens with zero attached hydrogens (tertiary/aromatic N) is 2. The maximum atomic E-state index is 12.8. The quantitative estimate of drug-likeness (QED) is 0.456. The summed E-state index contributed by atoms with van der Waals surface area (Å²) in [7, 11) is 0. The van der Waals surface area contributed by atoms with Gasteiger partial charge in [0.1, 0.15) is 11.0 Å². The van der Waals surface area contributed by atoms with Gasteiger partial charge in [0.25, 0.3) is 5.91 Å². The highest BCUT2D eigenvalue weighted by Gasteiger charge is 2.24. The lowest BCUT2D eigenvalue weighted by molar-refractivity contribution is -0.143. The summed E-state index contributed by atoms with van der Waals surface area (Å²) in [6, 6.07) is 12.0. The zero-order chi connectivity index (χ0) is 20.1. The first-order valence-electron chi connectivity index (χ1n) is 8.66. The number of aromatic amines is 1. The van der Waals surface area contributed by atoms with Crippen LogP contribution in [0.1, 0.15) is 22.3 Å². The summed E-state index contributed by atoms with van der Waals surface area (Å²) in [5, 5.41) is 32.1. The molecule has 9 heteroatoms. The average molecular weight is 403 g/mol. The Hall–Kier alpha value is -2.97. The molecule has 0 saturated heterocycles. The van der Waals surface area contributed by atoms with E-state index in [0.717, 1.165) is 5.56 Å². The number of nitrogens with one attached hydrogen (secondary N) is 2. The van der Waals surface area contributed by atoms with E-state index in [1.807, 2.05) is 30.3 Å². The Balaban J connectivity index is 1.81. The summed E-state index contributed by atoms with van der Waals surface area (Å²) in [5.74, 6) is -2.49. The molecule has 0 aliphatic carbocycles. The van der Waals surface area contributed by atoms with Crippen molar-refractivity contribution in [2.24, 2.45) is 5.92 Å². The number of carbonyl (C=O) groups excluding carboxylic acids is 1. The number of rotatable bonds is 8. The van der Waals surface area contributed by atoms with Gasteiger partial charge >= 0.3 is 5.97 Å². The van der Waals surface area contributed by atoms with Gasteiger partial charge in [-0.25, -0.2) is 0 Å². The Labute approximate surface area is 165 Å². The fourth-order valence-corrected chi connectivity index (χ4v) is 3.25. The summed E-state index contributed by atoms with van der Waals surface area (Å²) in [6.07, 6.45) is 0.517. The number of H-pyrrole nitrogens is 1. The maximum Gasteiger partial charge on any atom is 0.308 e. The molecular formula is C19H19ClN4O4. The molecule has 1 aromatic heterocycles. The van der Waals surface area contributed by atoms with E-state index in [4.69, 9.17) is 11.6 Å². The standard InChI is InChI=1S/C19H19ClN4O4/c20-15-8-12(9-16-17(15)23-24-22-16)18(26)21-14(7-13(10-25)19(27)28)6-11-4-2-1-3-5-11/h1-5,8-9,13-14,25H,6-7,10H2,(H,21,26)(H,27,28)(H,22,23,24). The van der Waals surface area contributed by atoms with Gasteiger partial charge in [0.2, 0.25) is 0 Å². The number of carbonyl (C=O) groups is 2. The van der Waals surface area contributed by atoms with Crippen molar-refractivity contribution in [3.63, 3.8) is 0 Å². The molecule has 28 heavy (non-hydrogen) atoms. The van der Waals surface area contributed by atoms with Gasteiger partial charge in [-0.05, 0) is 30.5 Å². The number of aromatic nitrogens is 3.